The first kappa shape index (κ1) is 14.0. The van der Waals surface area contributed by atoms with Gasteiger partial charge in [-0.05, 0) is 18.9 Å². The lowest BCUT2D eigenvalue weighted by Gasteiger charge is -2.24. The Morgan fingerprint density at radius 2 is 2.42 bits per heavy atom. The predicted octanol–water partition coefficient (Wildman–Crippen LogP) is 1.97. The third-order valence-corrected chi connectivity index (χ3v) is 3.24. The van der Waals surface area contributed by atoms with Gasteiger partial charge in [-0.15, -0.1) is 6.58 Å². The summed E-state index contributed by atoms with van der Waals surface area (Å²) in [6.45, 7) is 7.02. The minimum Gasteiger partial charge on any atom is -0.383 e. The highest BCUT2D eigenvalue weighted by Crippen LogP contribution is 2.22. The van der Waals surface area contributed by atoms with Crippen molar-refractivity contribution in [1.29, 1.82) is 0 Å². The normalized spacial score (nSPS) is 14.4. The van der Waals surface area contributed by atoms with Crippen LogP contribution >= 0.6 is 0 Å². The average Bonchev–Trinajstić information content (AvgIpc) is 3.26. The fourth-order valence-electron chi connectivity index (χ4n) is 2.04. The highest BCUT2D eigenvalue weighted by molar-refractivity contribution is 5.47. The lowest BCUT2D eigenvalue weighted by molar-refractivity contribution is 0.205. The molecule has 0 spiro atoms. The van der Waals surface area contributed by atoms with Gasteiger partial charge in [0.1, 0.15) is 5.82 Å². The quantitative estimate of drug-likeness (QED) is 0.690. The molecule has 1 fully saturated rings. The number of aromatic nitrogens is 1. The summed E-state index contributed by atoms with van der Waals surface area (Å²) in [6.07, 6.45) is 6.35. The molecule has 4 heteroatoms. The highest BCUT2D eigenvalue weighted by atomic mass is 16.5. The molecule has 0 unspecified atom stereocenters. The smallest absolute Gasteiger partial charge is 0.133 e. The van der Waals surface area contributed by atoms with Crippen molar-refractivity contribution in [3.05, 3.63) is 36.5 Å². The van der Waals surface area contributed by atoms with E-state index in [1.807, 2.05) is 18.3 Å². The summed E-state index contributed by atoms with van der Waals surface area (Å²) in [4.78, 5) is 6.74. The molecule has 0 bridgehead atoms. The summed E-state index contributed by atoms with van der Waals surface area (Å²) in [5.74, 6) is 1.03. The third kappa shape index (κ3) is 4.33. The van der Waals surface area contributed by atoms with Crippen LogP contribution in [0.3, 0.4) is 0 Å². The third-order valence-electron chi connectivity index (χ3n) is 3.24. The van der Waals surface area contributed by atoms with Crippen molar-refractivity contribution < 1.29 is 4.74 Å². The van der Waals surface area contributed by atoms with Gasteiger partial charge >= 0.3 is 0 Å². The van der Waals surface area contributed by atoms with E-state index in [0.717, 1.165) is 25.5 Å². The van der Waals surface area contributed by atoms with E-state index < -0.39 is 0 Å². The molecular formula is C15H23N3O. The van der Waals surface area contributed by atoms with Crippen LogP contribution in [0, 0.1) is 0 Å². The first-order valence-corrected chi connectivity index (χ1v) is 6.87. The second kappa shape index (κ2) is 7.26. The summed E-state index contributed by atoms with van der Waals surface area (Å²) in [6, 6.07) is 4.84. The Hall–Kier alpha value is -1.39. The van der Waals surface area contributed by atoms with Gasteiger partial charge in [0.05, 0.1) is 6.61 Å². The molecule has 4 nitrogen and oxygen atoms in total. The minimum atomic E-state index is 0.694. The van der Waals surface area contributed by atoms with Crippen LogP contribution in [0.25, 0.3) is 0 Å². The number of nitrogens with one attached hydrogen (secondary N) is 1. The van der Waals surface area contributed by atoms with Gasteiger partial charge in [-0.1, -0.05) is 12.1 Å². The second-order valence-corrected chi connectivity index (χ2v) is 4.87. The van der Waals surface area contributed by atoms with Crippen molar-refractivity contribution in [1.82, 2.24) is 10.3 Å². The van der Waals surface area contributed by atoms with Gasteiger partial charge in [0, 0.05) is 44.5 Å². The lowest BCUT2D eigenvalue weighted by atomic mass is 10.2. The zero-order chi connectivity index (χ0) is 13.5. The molecule has 1 N–H and O–H groups in total. The van der Waals surface area contributed by atoms with E-state index in [9.17, 15) is 0 Å². The number of nitrogens with zero attached hydrogens (tertiary/aromatic N) is 2. The van der Waals surface area contributed by atoms with Crippen LogP contribution in [0.4, 0.5) is 5.82 Å². The van der Waals surface area contributed by atoms with E-state index in [0.29, 0.717) is 12.6 Å². The average molecular weight is 261 g/mol. The van der Waals surface area contributed by atoms with Gasteiger partial charge < -0.3 is 15.0 Å². The molecular weight excluding hydrogens is 238 g/mol. The molecule has 19 heavy (non-hydrogen) atoms. The van der Waals surface area contributed by atoms with Crippen LogP contribution < -0.4 is 10.2 Å². The molecule has 0 amide bonds. The molecule has 0 radical (unpaired) electrons. The molecule has 104 valence electrons. The maximum absolute atomic E-state index is 5.17. The van der Waals surface area contributed by atoms with Crippen molar-refractivity contribution in [2.45, 2.75) is 25.4 Å². The first-order chi connectivity index (χ1) is 9.35. The minimum absolute atomic E-state index is 0.694. The fraction of sp³-hybridized carbons (Fsp3) is 0.533. The monoisotopic (exact) mass is 261 g/mol. The zero-order valence-corrected chi connectivity index (χ0v) is 11.6. The molecule has 1 heterocycles. The largest absolute Gasteiger partial charge is 0.383 e. The molecule has 0 atom stereocenters. The standard InChI is InChI=1S/C15H23N3O/c1-3-9-18(10-11-19-2)15-13(5-4-8-16-15)12-17-14-6-7-14/h3-5,8,14,17H,1,6-7,9-12H2,2H3. The second-order valence-electron chi connectivity index (χ2n) is 4.87. The van der Waals surface area contributed by atoms with Gasteiger partial charge in [-0.3, -0.25) is 0 Å². The number of methoxy groups -OCH3 is 1. The van der Waals surface area contributed by atoms with E-state index in [1.165, 1.54) is 18.4 Å². The Balaban J connectivity index is 2.06. The molecule has 1 aliphatic rings. The number of hydrogen-bond acceptors (Lipinski definition) is 4. The van der Waals surface area contributed by atoms with Crippen LogP contribution in [-0.2, 0) is 11.3 Å². The molecule has 2 rings (SSSR count). The zero-order valence-electron chi connectivity index (χ0n) is 11.6. The number of hydrogen-bond donors (Lipinski definition) is 1. The van der Waals surface area contributed by atoms with Crippen LogP contribution in [0.5, 0.6) is 0 Å². The topological polar surface area (TPSA) is 37.4 Å². The van der Waals surface area contributed by atoms with Crippen LogP contribution in [0.15, 0.2) is 31.0 Å². The van der Waals surface area contributed by atoms with Crippen molar-refractivity contribution in [2.75, 3.05) is 31.7 Å². The van der Waals surface area contributed by atoms with Gasteiger partial charge in [0.25, 0.3) is 0 Å². The number of rotatable bonds is 9. The molecule has 1 aromatic rings. The maximum atomic E-state index is 5.17. The summed E-state index contributed by atoms with van der Waals surface area (Å²) in [7, 11) is 1.72. The lowest BCUT2D eigenvalue weighted by Crippen LogP contribution is -2.30. The predicted molar refractivity (Wildman–Crippen MR) is 78.4 cm³/mol. The van der Waals surface area contributed by atoms with E-state index >= 15 is 0 Å². The molecule has 0 aliphatic heterocycles. The van der Waals surface area contributed by atoms with Crippen LogP contribution in [0.1, 0.15) is 18.4 Å². The van der Waals surface area contributed by atoms with Gasteiger partial charge in [0.2, 0.25) is 0 Å². The molecule has 0 aromatic carbocycles. The van der Waals surface area contributed by atoms with Crippen molar-refractivity contribution in [3.8, 4) is 0 Å². The highest BCUT2D eigenvalue weighted by Gasteiger charge is 2.21. The van der Waals surface area contributed by atoms with Gasteiger partial charge in [-0.2, -0.15) is 0 Å². The summed E-state index contributed by atoms with van der Waals surface area (Å²) in [5, 5.41) is 3.54. The molecule has 1 saturated carbocycles. The molecule has 1 aliphatic carbocycles. The van der Waals surface area contributed by atoms with Crippen molar-refractivity contribution in [2.24, 2.45) is 0 Å². The number of anilines is 1. The maximum Gasteiger partial charge on any atom is 0.133 e. The number of pyridine rings is 1. The Morgan fingerprint density at radius 3 is 3.11 bits per heavy atom. The van der Waals surface area contributed by atoms with Crippen LogP contribution in [-0.4, -0.2) is 37.8 Å². The van der Waals surface area contributed by atoms with Gasteiger partial charge in [0.15, 0.2) is 0 Å². The SMILES string of the molecule is C=CCN(CCOC)c1ncccc1CNC1CC1. The van der Waals surface area contributed by atoms with Crippen molar-refractivity contribution >= 4 is 5.82 Å². The molecule has 0 saturated heterocycles. The Kier molecular flexibility index (Phi) is 5.36. The van der Waals surface area contributed by atoms with Crippen molar-refractivity contribution in [3.63, 3.8) is 0 Å². The number of ether oxygens (including phenoxy) is 1. The van der Waals surface area contributed by atoms with E-state index in [-0.39, 0.29) is 0 Å². The first-order valence-electron chi connectivity index (χ1n) is 6.87. The van der Waals surface area contributed by atoms with E-state index in [2.05, 4.69) is 27.8 Å². The molecule has 1 aromatic heterocycles. The Morgan fingerprint density at radius 1 is 1.58 bits per heavy atom. The summed E-state index contributed by atoms with van der Waals surface area (Å²) in [5.41, 5.74) is 1.24. The van der Waals surface area contributed by atoms with E-state index in [4.69, 9.17) is 4.74 Å². The van der Waals surface area contributed by atoms with E-state index in [1.54, 1.807) is 7.11 Å². The Labute approximate surface area is 115 Å². The van der Waals surface area contributed by atoms with Crippen LogP contribution in [0.2, 0.25) is 0 Å². The summed E-state index contributed by atoms with van der Waals surface area (Å²) >= 11 is 0. The Bertz CT molecular complexity index is 404. The van der Waals surface area contributed by atoms with Gasteiger partial charge in [-0.25, -0.2) is 4.98 Å². The fourth-order valence-corrected chi connectivity index (χ4v) is 2.04. The summed E-state index contributed by atoms with van der Waals surface area (Å²) < 4.78 is 5.17.